The number of piperidine rings is 1. The lowest BCUT2D eigenvalue weighted by atomic mass is 10.0. The number of carbonyl (C=O) groups excluding carboxylic acids is 2. The molecule has 1 heterocycles. The van der Waals surface area contributed by atoms with Crippen molar-refractivity contribution in [3.63, 3.8) is 0 Å². The molecule has 0 radical (unpaired) electrons. The van der Waals surface area contributed by atoms with Gasteiger partial charge >= 0.3 is 6.09 Å². The van der Waals surface area contributed by atoms with Crippen LogP contribution in [0, 0.1) is 0 Å². The summed E-state index contributed by atoms with van der Waals surface area (Å²) in [5, 5.41) is 2.96. The lowest BCUT2D eigenvalue weighted by molar-refractivity contribution is 0.0910. The maximum absolute atomic E-state index is 12.4. The molecule has 2 N–H and O–H groups in total. The van der Waals surface area contributed by atoms with E-state index in [-0.39, 0.29) is 11.9 Å². The lowest BCUT2D eigenvalue weighted by Crippen LogP contribution is -2.47. The van der Waals surface area contributed by atoms with Crippen molar-refractivity contribution in [3.8, 4) is 5.75 Å². The normalized spacial score (nSPS) is 14.9. The topological polar surface area (TPSA) is 105 Å². The number of benzene rings is 2. The Kier molecular flexibility index (Phi) is 6.38. The zero-order valence-corrected chi connectivity index (χ0v) is 16.8. The molecular weight excluding hydrogens is 394 g/mol. The fraction of sp³-hybridized carbons (Fsp3) is 0.300. The second kappa shape index (κ2) is 8.95. The Morgan fingerprint density at radius 3 is 2.21 bits per heavy atom. The molecule has 1 fully saturated rings. The van der Waals surface area contributed by atoms with Crippen molar-refractivity contribution in [2.45, 2.75) is 18.9 Å². The first-order chi connectivity index (χ1) is 13.8. The van der Waals surface area contributed by atoms with Gasteiger partial charge in [-0.3, -0.25) is 9.52 Å². The van der Waals surface area contributed by atoms with Gasteiger partial charge in [-0.15, -0.1) is 0 Å². The smallest absolute Gasteiger partial charge is 0.410 e. The van der Waals surface area contributed by atoms with Crippen LogP contribution in [0.1, 0.15) is 23.2 Å². The van der Waals surface area contributed by atoms with E-state index in [0.29, 0.717) is 42.9 Å². The Bertz CT molecular complexity index is 953. The molecular formula is C20H23N3O5S. The number of para-hydroxylation sites is 1. The van der Waals surface area contributed by atoms with E-state index in [0.717, 1.165) is 6.26 Å². The van der Waals surface area contributed by atoms with E-state index < -0.39 is 16.1 Å². The first-order valence-electron chi connectivity index (χ1n) is 9.21. The molecule has 1 aliphatic heterocycles. The molecule has 8 nitrogen and oxygen atoms in total. The fourth-order valence-electron chi connectivity index (χ4n) is 3.03. The first-order valence-corrected chi connectivity index (χ1v) is 11.1. The summed E-state index contributed by atoms with van der Waals surface area (Å²) in [6.07, 6.45) is 1.93. The first kappa shape index (κ1) is 20.7. The number of hydrogen-bond acceptors (Lipinski definition) is 5. The van der Waals surface area contributed by atoms with Gasteiger partial charge in [-0.2, -0.15) is 0 Å². The summed E-state index contributed by atoms with van der Waals surface area (Å²) in [5.41, 5.74) is 0.837. The van der Waals surface area contributed by atoms with Crippen molar-refractivity contribution in [1.29, 1.82) is 0 Å². The third kappa shape index (κ3) is 6.21. The van der Waals surface area contributed by atoms with Crippen LogP contribution in [0.5, 0.6) is 5.75 Å². The molecule has 2 aromatic carbocycles. The van der Waals surface area contributed by atoms with E-state index in [2.05, 4.69) is 10.0 Å². The van der Waals surface area contributed by atoms with Crippen molar-refractivity contribution >= 4 is 27.7 Å². The van der Waals surface area contributed by atoms with Gasteiger partial charge in [-0.05, 0) is 49.2 Å². The Morgan fingerprint density at radius 1 is 1.00 bits per heavy atom. The van der Waals surface area contributed by atoms with Gasteiger partial charge in [-0.25, -0.2) is 13.2 Å². The van der Waals surface area contributed by atoms with Crippen LogP contribution >= 0.6 is 0 Å². The molecule has 29 heavy (non-hydrogen) atoms. The highest BCUT2D eigenvalue weighted by Gasteiger charge is 2.25. The average Bonchev–Trinajstić information content (AvgIpc) is 2.68. The number of nitrogens with one attached hydrogen (secondary N) is 2. The highest BCUT2D eigenvalue weighted by atomic mass is 32.2. The van der Waals surface area contributed by atoms with E-state index in [1.165, 1.54) is 12.1 Å². The Hall–Kier alpha value is -3.07. The third-order valence-electron chi connectivity index (χ3n) is 4.49. The van der Waals surface area contributed by atoms with Crippen LogP contribution in [0.25, 0.3) is 0 Å². The second-order valence-electron chi connectivity index (χ2n) is 6.87. The van der Waals surface area contributed by atoms with Gasteiger partial charge in [0.1, 0.15) is 5.75 Å². The van der Waals surface area contributed by atoms with Crippen molar-refractivity contribution in [2.75, 3.05) is 24.1 Å². The molecule has 0 saturated carbocycles. The van der Waals surface area contributed by atoms with Crippen LogP contribution in [0.4, 0.5) is 10.5 Å². The van der Waals surface area contributed by atoms with Gasteiger partial charge in [0.2, 0.25) is 10.0 Å². The molecule has 0 aromatic heterocycles. The average molecular weight is 417 g/mol. The minimum atomic E-state index is -3.36. The summed E-state index contributed by atoms with van der Waals surface area (Å²) in [5.74, 6) is 0.267. The van der Waals surface area contributed by atoms with Crippen molar-refractivity contribution in [1.82, 2.24) is 10.2 Å². The summed E-state index contributed by atoms with van der Waals surface area (Å²) in [6, 6.07) is 15.1. The minimum absolute atomic E-state index is 0.0444. The molecule has 0 atom stereocenters. The van der Waals surface area contributed by atoms with Gasteiger partial charge in [0, 0.05) is 30.4 Å². The predicted molar refractivity (Wildman–Crippen MR) is 109 cm³/mol. The zero-order valence-electron chi connectivity index (χ0n) is 16.0. The van der Waals surface area contributed by atoms with Crippen LogP contribution in [0.15, 0.2) is 54.6 Å². The maximum atomic E-state index is 12.4. The summed E-state index contributed by atoms with van der Waals surface area (Å²) >= 11 is 0. The molecule has 0 aliphatic carbocycles. The van der Waals surface area contributed by atoms with Gasteiger partial charge in [0.05, 0.1) is 6.26 Å². The van der Waals surface area contributed by atoms with Crippen LogP contribution in [-0.2, 0) is 10.0 Å². The Balaban J connectivity index is 1.47. The van der Waals surface area contributed by atoms with Crippen LogP contribution in [0.3, 0.4) is 0 Å². The summed E-state index contributed by atoms with van der Waals surface area (Å²) in [7, 11) is -3.36. The summed E-state index contributed by atoms with van der Waals surface area (Å²) < 4.78 is 30.2. The molecule has 1 saturated heterocycles. The molecule has 1 aliphatic rings. The molecule has 9 heteroatoms. The highest BCUT2D eigenvalue weighted by Crippen LogP contribution is 2.16. The van der Waals surface area contributed by atoms with E-state index in [1.54, 1.807) is 41.3 Å². The van der Waals surface area contributed by atoms with Gasteiger partial charge in [0.15, 0.2) is 0 Å². The number of ether oxygens (including phenoxy) is 1. The quantitative estimate of drug-likeness (QED) is 0.778. The number of likely N-dealkylation sites (tertiary alicyclic amines) is 1. The van der Waals surface area contributed by atoms with Crippen molar-refractivity contribution in [3.05, 3.63) is 60.2 Å². The van der Waals surface area contributed by atoms with Crippen LogP contribution in [0.2, 0.25) is 0 Å². The number of sulfonamides is 1. The largest absolute Gasteiger partial charge is 0.415 e. The Morgan fingerprint density at radius 2 is 1.62 bits per heavy atom. The second-order valence-corrected chi connectivity index (χ2v) is 8.62. The number of hydrogen-bond donors (Lipinski definition) is 2. The van der Waals surface area contributed by atoms with E-state index in [9.17, 15) is 18.0 Å². The SMILES string of the molecule is CS(=O)(=O)Nc1ccc(C(=O)NC2CCN(C(=O)Oc3ccccc3)CC2)cc1. The summed E-state index contributed by atoms with van der Waals surface area (Å²) in [6.45, 7) is 0.988. The van der Waals surface area contributed by atoms with E-state index >= 15 is 0 Å². The van der Waals surface area contributed by atoms with E-state index in [4.69, 9.17) is 4.74 Å². The molecule has 2 aromatic rings. The van der Waals surface area contributed by atoms with E-state index in [1.807, 2.05) is 6.07 Å². The molecule has 2 amide bonds. The number of nitrogens with zero attached hydrogens (tertiary/aromatic N) is 1. The van der Waals surface area contributed by atoms with Gasteiger partial charge in [0.25, 0.3) is 5.91 Å². The fourth-order valence-corrected chi connectivity index (χ4v) is 3.60. The Labute approximate surface area is 169 Å². The molecule has 0 bridgehead atoms. The lowest BCUT2D eigenvalue weighted by Gasteiger charge is -2.31. The number of anilines is 1. The van der Waals surface area contributed by atoms with Gasteiger partial charge in [-0.1, -0.05) is 18.2 Å². The third-order valence-corrected chi connectivity index (χ3v) is 5.09. The number of amides is 2. The van der Waals surface area contributed by atoms with Crippen molar-refractivity contribution < 1.29 is 22.7 Å². The maximum Gasteiger partial charge on any atom is 0.415 e. The molecule has 3 rings (SSSR count). The molecule has 0 spiro atoms. The number of carbonyl (C=O) groups is 2. The molecule has 154 valence electrons. The standard InChI is InChI=1S/C20H23N3O5S/c1-29(26,27)22-17-9-7-15(8-10-17)19(24)21-16-11-13-23(14-12-16)20(25)28-18-5-3-2-4-6-18/h2-10,16,22H,11-14H2,1H3,(H,21,24). The number of rotatable bonds is 5. The van der Waals surface area contributed by atoms with Crippen LogP contribution in [-0.4, -0.2) is 50.7 Å². The van der Waals surface area contributed by atoms with Crippen molar-refractivity contribution in [2.24, 2.45) is 0 Å². The monoisotopic (exact) mass is 417 g/mol. The zero-order chi connectivity index (χ0) is 20.9. The summed E-state index contributed by atoms with van der Waals surface area (Å²) in [4.78, 5) is 26.3. The van der Waals surface area contributed by atoms with Gasteiger partial charge < -0.3 is 15.0 Å². The van der Waals surface area contributed by atoms with Crippen LogP contribution < -0.4 is 14.8 Å². The predicted octanol–water partition coefficient (Wildman–Crippen LogP) is 2.45. The molecule has 0 unspecified atom stereocenters. The highest BCUT2D eigenvalue weighted by molar-refractivity contribution is 7.92. The minimum Gasteiger partial charge on any atom is -0.410 e.